The minimum absolute atomic E-state index is 0.129. The van der Waals surface area contributed by atoms with Crippen molar-refractivity contribution in [3.05, 3.63) is 8.47 Å². The van der Waals surface area contributed by atoms with Crippen LogP contribution in [0.25, 0.3) is 0 Å². The maximum absolute atomic E-state index is 12.2. The fourth-order valence-electron chi connectivity index (χ4n) is 1.13. The number of hydrogen-bond donors (Lipinski definition) is 0. The molecule has 0 unspecified atom stereocenters. The highest BCUT2D eigenvalue weighted by Crippen LogP contribution is 2.70. The van der Waals surface area contributed by atoms with Gasteiger partial charge < -0.3 is 9.05 Å². The molecule has 0 aliphatic carbocycles. The first kappa shape index (κ1) is 12.7. The van der Waals surface area contributed by atoms with Gasteiger partial charge in [0.1, 0.15) is 0 Å². The van der Waals surface area contributed by atoms with E-state index in [0.29, 0.717) is 0 Å². The Morgan fingerprint density at radius 1 is 1.13 bits per heavy atom. The molecule has 2 aliphatic rings. The van der Waals surface area contributed by atoms with Crippen molar-refractivity contribution in [3.8, 4) is 0 Å². The standard InChI is InChI=1S/C7H11O3PS4/c1-9-11(8,10-2)7-14-5-6(15-7)13-4-3-12-5/h7H,3-4H2,1-2H3. The molecule has 0 atom stereocenters. The number of hydrogen-bond acceptors (Lipinski definition) is 7. The van der Waals surface area contributed by atoms with Gasteiger partial charge in [0, 0.05) is 25.7 Å². The summed E-state index contributed by atoms with van der Waals surface area (Å²) < 4.78 is 24.7. The van der Waals surface area contributed by atoms with Gasteiger partial charge in [0.2, 0.25) is 0 Å². The van der Waals surface area contributed by atoms with E-state index in [9.17, 15) is 4.57 Å². The van der Waals surface area contributed by atoms with Gasteiger partial charge in [-0.15, -0.1) is 23.5 Å². The molecule has 0 bridgehead atoms. The minimum atomic E-state index is -2.94. The summed E-state index contributed by atoms with van der Waals surface area (Å²) in [5.41, 5.74) is 0. The second-order valence-electron chi connectivity index (χ2n) is 2.72. The zero-order valence-electron chi connectivity index (χ0n) is 8.30. The van der Waals surface area contributed by atoms with Gasteiger partial charge in [-0.3, -0.25) is 4.57 Å². The fraction of sp³-hybridized carbons (Fsp3) is 0.714. The highest BCUT2D eigenvalue weighted by Gasteiger charge is 2.42. The van der Waals surface area contributed by atoms with E-state index in [1.807, 2.05) is 23.5 Å². The Morgan fingerprint density at radius 3 is 2.00 bits per heavy atom. The number of thioether (sulfide) groups is 4. The van der Waals surface area contributed by atoms with Gasteiger partial charge >= 0.3 is 7.60 Å². The first-order valence-electron chi connectivity index (χ1n) is 4.24. The van der Waals surface area contributed by atoms with E-state index in [1.54, 1.807) is 23.5 Å². The van der Waals surface area contributed by atoms with Crippen molar-refractivity contribution < 1.29 is 13.6 Å². The molecular formula is C7H11O3PS4. The largest absolute Gasteiger partial charge is 0.353 e. The zero-order valence-corrected chi connectivity index (χ0v) is 12.5. The van der Waals surface area contributed by atoms with Crippen LogP contribution in [0.1, 0.15) is 0 Å². The summed E-state index contributed by atoms with van der Waals surface area (Å²) in [6.45, 7) is 0. The van der Waals surface area contributed by atoms with Gasteiger partial charge in [0.05, 0.1) is 8.47 Å². The van der Waals surface area contributed by atoms with E-state index in [2.05, 4.69) is 0 Å². The lowest BCUT2D eigenvalue weighted by Crippen LogP contribution is -1.99. The summed E-state index contributed by atoms with van der Waals surface area (Å²) in [4.78, 5) is 0. The van der Waals surface area contributed by atoms with Gasteiger partial charge in [-0.25, -0.2) is 0 Å². The molecule has 0 saturated carbocycles. The third kappa shape index (κ3) is 2.59. The average molecular weight is 302 g/mol. The van der Waals surface area contributed by atoms with Gasteiger partial charge in [-0.05, 0) is 0 Å². The Labute approximate surface area is 106 Å². The molecule has 2 rings (SSSR count). The lowest BCUT2D eigenvalue weighted by atomic mass is 11.0. The number of rotatable bonds is 3. The van der Waals surface area contributed by atoms with Crippen LogP contribution in [-0.2, 0) is 13.6 Å². The molecule has 0 aromatic heterocycles. The van der Waals surface area contributed by atoms with E-state index in [0.717, 1.165) is 11.5 Å². The van der Waals surface area contributed by atoms with Gasteiger partial charge in [0.25, 0.3) is 0 Å². The van der Waals surface area contributed by atoms with Crippen LogP contribution in [0.15, 0.2) is 8.47 Å². The van der Waals surface area contributed by atoms with E-state index in [-0.39, 0.29) is 4.32 Å². The lowest BCUT2D eigenvalue weighted by molar-refractivity contribution is 0.279. The van der Waals surface area contributed by atoms with E-state index < -0.39 is 7.60 Å². The smallest absolute Gasteiger partial charge is 0.311 e. The van der Waals surface area contributed by atoms with E-state index in [4.69, 9.17) is 9.05 Å². The molecule has 0 amide bonds. The van der Waals surface area contributed by atoms with Crippen LogP contribution in [0.2, 0.25) is 0 Å². The molecule has 8 heteroatoms. The third-order valence-corrected chi connectivity index (χ3v) is 11.2. The molecule has 0 spiro atoms. The van der Waals surface area contributed by atoms with Crippen LogP contribution in [0, 0.1) is 0 Å². The van der Waals surface area contributed by atoms with Crippen molar-refractivity contribution in [2.75, 3.05) is 25.7 Å². The molecular weight excluding hydrogens is 291 g/mol. The first-order chi connectivity index (χ1) is 7.19. The highest BCUT2D eigenvalue weighted by atomic mass is 32.3. The Hall–Kier alpha value is 1.29. The first-order valence-corrected chi connectivity index (χ1v) is 9.58. The molecule has 2 aliphatic heterocycles. The second-order valence-corrected chi connectivity index (χ2v) is 11.0. The summed E-state index contributed by atoms with van der Waals surface area (Å²) in [6.07, 6.45) is 0. The Balaban J connectivity index is 2.09. The quantitative estimate of drug-likeness (QED) is 0.733. The van der Waals surface area contributed by atoms with Crippen molar-refractivity contribution in [1.82, 2.24) is 0 Å². The molecule has 0 radical (unpaired) electrons. The molecule has 0 aromatic rings. The molecule has 86 valence electrons. The predicted molar refractivity (Wildman–Crippen MR) is 72.5 cm³/mol. The van der Waals surface area contributed by atoms with Crippen molar-refractivity contribution in [2.45, 2.75) is 4.32 Å². The summed E-state index contributed by atoms with van der Waals surface area (Å²) in [6, 6.07) is 0. The van der Waals surface area contributed by atoms with Crippen LogP contribution >= 0.6 is 54.6 Å². The monoisotopic (exact) mass is 302 g/mol. The molecule has 3 nitrogen and oxygen atoms in total. The van der Waals surface area contributed by atoms with Crippen molar-refractivity contribution >= 4 is 54.6 Å². The van der Waals surface area contributed by atoms with E-state index in [1.165, 1.54) is 22.7 Å². The normalized spacial score (nSPS) is 23.3. The van der Waals surface area contributed by atoms with Gasteiger partial charge in [-0.2, -0.15) is 0 Å². The summed E-state index contributed by atoms with van der Waals surface area (Å²) >= 11 is 6.93. The summed E-state index contributed by atoms with van der Waals surface area (Å²) in [7, 11) is -0.0497. The van der Waals surface area contributed by atoms with Crippen molar-refractivity contribution in [3.63, 3.8) is 0 Å². The lowest BCUT2D eigenvalue weighted by Gasteiger charge is -2.18. The fourth-order valence-corrected chi connectivity index (χ4v) is 10.6. The Kier molecular flexibility index (Phi) is 4.49. The van der Waals surface area contributed by atoms with Crippen molar-refractivity contribution in [2.24, 2.45) is 0 Å². The molecule has 0 N–H and O–H groups in total. The summed E-state index contributed by atoms with van der Waals surface area (Å²) in [5, 5.41) is 0. The maximum Gasteiger partial charge on any atom is 0.353 e. The van der Waals surface area contributed by atoms with Crippen molar-refractivity contribution in [1.29, 1.82) is 0 Å². The van der Waals surface area contributed by atoms with Crippen LogP contribution in [0.5, 0.6) is 0 Å². The van der Waals surface area contributed by atoms with Gasteiger partial charge in [-0.1, -0.05) is 23.5 Å². The molecule has 2 heterocycles. The SMILES string of the molecule is COP(=O)(OC)C1SC2=C(SCCS2)S1. The molecule has 0 aromatic carbocycles. The summed E-state index contributed by atoms with van der Waals surface area (Å²) in [5.74, 6) is 2.27. The zero-order chi connectivity index (χ0) is 10.9. The third-order valence-electron chi connectivity index (χ3n) is 1.90. The molecule has 0 fully saturated rings. The maximum atomic E-state index is 12.2. The van der Waals surface area contributed by atoms with Crippen LogP contribution in [0.3, 0.4) is 0 Å². The van der Waals surface area contributed by atoms with E-state index >= 15 is 0 Å². The van der Waals surface area contributed by atoms with Crippen LogP contribution < -0.4 is 0 Å². The average Bonchev–Trinajstić information content (AvgIpc) is 2.72. The van der Waals surface area contributed by atoms with Crippen LogP contribution in [0.4, 0.5) is 0 Å². The topological polar surface area (TPSA) is 35.5 Å². The Bertz CT molecular complexity index is 306. The molecule has 0 saturated heterocycles. The Morgan fingerprint density at radius 2 is 1.60 bits per heavy atom. The predicted octanol–water partition coefficient (Wildman–Crippen LogP) is 3.84. The minimum Gasteiger partial charge on any atom is -0.311 e. The molecule has 15 heavy (non-hydrogen) atoms. The van der Waals surface area contributed by atoms with Crippen LogP contribution in [-0.4, -0.2) is 30.0 Å². The highest BCUT2D eigenvalue weighted by molar-refractivity contribution is 8.41. The second kappa shape index (κ2) is 5.29. The van der Waals surface area contributed by atoms with Gasteiger partial charge in [0.15, 0.2) is 4.32 Å².